The lowest BCUT2D eigenvalue weighted by Gasteiger charge is -2.46. The van der Waals surface area contributed by atoms with Gasteiger partial charge in [-0.1, -0.05) is 44.9 Å². The molecule has 0 amide bonds. The van der Waals surface area contributed by atoms with Gasteiger partial charge in [-0.15, -0.1) is 0 Å². The molecule has 2 aliphatic carbocycles. The smallest absolute Gasteiger partial charge is 0.344 e. The van der Waals surface area contributed by atoms with Gasteiger partial charge < -0.3 is 8.85 Å². The molecule has 2 rings (SSSR count). The third kappa shape index (κ3) is 3.86. The molecular weight excluding hydrogens is 264 g/mol. The molecule has 0 atom stereocenters. The average molecular weight is 299 g/mol. The molecule has 0 aromatic carbocycles. The van der Waals surface area contributed by atoms with E-state index in [0.29, 0.717) is 0 Å². The highest BCUT2D eigenvalue weighted by Gasteiger charge is 2.53. The van der Waals surface area contributed by atoms with Gasteiger partial charge in [0.2, 0.25) is 0 Å². The highest BCUT2D eigenvalue weighted by atomic mass is 28.4. The minimum absolute atomic E-state index is 0.755. The molecule has 2 saturated carbocycles. The molecule has 0 aromatic rings. The summed E-state index contributed by atoms with van der Waals surface area (Å²) >= 11 is 0. The monoisotopic (exact) mass is 298 g/mol. The predicted octanol–water partition coefficient (Wildman–Crippen LogP) is 5.56. The van der Waals surface area contributed by atoms with E-state index in [-0.39, 0.29) is 0 Å². The zero-order chi connectivity index (χ0) is 14.3. The molecule has 2 aliphatic rings. The van der Waals surface area contributed by atoms with E-state index in [1.54, 1.807) is 0 Å². The first-order valence-corrected chi connectivity index (χ1v) is 11.1. The molecule has 0 bridgehead atoms. The molecule has 2 nitrogen and oxygen atoms in total. The van der Waals surface area contributed by atoms with Gasteiger partial charge >= 0.3 is 8.56 Å². The Labute approximate surface area is 126 Å². The molecule has 0 heterocycles. The molecule has 20 heavy (non-hydrogen) atoms. The second-order valence-electron chi connectivity index (χ2n) is 6.61. The first-order valence-electron chi connectivity index (χ1n) is 9.11. The molecule has 118 valence electrons. The summed E-state index contributed by atoms with van der Waals surface area (Å²) in [5.41, 5.74) is 1.54. The van der Waals surface area contributed by atoms with Gasteiger partial charge in [0.05, 0.1) is 0 Å². The standard InChI is InChI=1S/C17H34O2Si/c1-3-18-20(19-4-2,17-14-11-15-17)16-12-9-7-5-6-8-10-13-16/h16-17H,3-15H2,1-2H3. The molecule has 3 heteroatoms. The largest absolute Gasteiger partial charge is 0.394 e. The van der Waals surface area contributed by atoms with Crippen LogP contribution in [-0.4, -0.2) is 21.8 Å². The summed E-state index contributed by atoms with van der Waals surface area (Å²) in [6.07, 6.45) is 15.4. The van der Waals surface area contributed by atoms with Gasteiger partial charge in [0.25, 0.3) is 0 Å². The van der Waals surface area contributed by atoms with E-state index in [4.69, 9.17) is 8.85 Å². The third-order valence-electron chi connectivity index (χ3n) is 5.34. The van der Waals surface area contributed by atoms with E-state index in [9.17, 15) is 0 Å². The summed E-state index contributed by atoms with van der Waals surface area (Å²) in [6, 6.07) is 0. The average Bonchev–Trinajstić information content (AvgIpc) is 2.50. The van der Waals surface area contributed by atoms with Gasteiger partial charge in [0.15, 0.2) is 0 Å². The van der Waals surface area contributed by atoms with Gasteiger partial charge in [-0.3, -0.25) is 0 Å². The van der Waals surface area contributed by atoms with Gasteiger partial charge in [0, 0.05) is 24.3 Å². The highest BCUT2D eigenvalue weighted by molar-refractivity contribution is 6.70. The second-order valence-corrected chi connectivity index (χ2v) is 10.3. The lowest BCUT2D eigenvalue weighted by molar-refractivity contribution is 0.143. The Morgan fingerprint density at radius 2 is 1.05 bits per heavy atom. The summed E-state index contributed by atoms with van der Waals surface area (Å²) in [4.78, 5) is 0. The van der Waals surface area contributed by atoms with Crippen molar-refractivity contribution in [2.45, 2.75) is 95.6 Å². The van der Waals surface area contributed by atoms with Crippen LogP contribution in [0.2, 0.25) is 11.1 Å². The van der Waals surface area contributed by atoms with Gasteiger partial charge in [-0.05, 0) is 39.5 Å². The van der Waals surface area contributed by atoms with Crippen molar-refractivity contribution < 1.29 is 8.85 Å². The minimum Gasteiger partial charge on any atom is -0.394 e. The van der Waals surface area contributed by atoms with E-state index < -0.39 is 8.56 Å². The van der Waals surface area contributed by atoms with Crippen LogP contribution in [0.4, 0.5) is 0 Å². The highest BCUT2D eigenvalue weighted by Crippen LogP contribution is 2.50. The summed E-state index contributed by atoms with van der Waals surface area (Å²) in [7, 11) is -1.99. The summed E-state index contributed by atoms with van der Waals surface area (Å²) in [5, 5.41) is 0. The van der Waals surface area contributed by atoms with Crippen LogP contribution in [-0.2, 0) is 8.85 Å². The van der Waals surface area contributed by atoms with Crippen LogP contribution in [0.3, 0.4) is 0 Å². The second kappa shape index (κ2) is 8.55. The van der Waals surface area contributed by atoms with Crippen LogP contribution >= 0.6 is 0 Å². The fraction of sp³-hybridized carbons (Fsp3) is 1.00. The van der Waals surface area contributed by atoms with Crippen molar-refractivity contribution >= 4 is 8.56 Å². The number of hydrogen-bond acceptors (Lipinski definition) is 2. The molecule has 0 saturated heterocycles. The van der Waals surface area contributed by atoms with Crippen LogP contribution in [0, 0.1) is 0 Å². The molecule has 0 spiro atoms. The molecular formula is C17H34O2Si. The molecule has 2 fully saturated rings. The van der Waals surface area contributed by atoms with Gasteiger partial charge in [0.1, 0.15) is 0 Å². The van der Waals surface area contributed by atoms with Crippen LogP contribution in [0.5, 0.6) is 0 Å². The van der Waals surface area contributed by atoms with Crippen molar-refractivity contribution in [3.05, 3.63) is 0 Å². The molecule has 0 aliphatic heterocycles. The summed E-state index contributed by atoms with van der Waals surface area (Å²) in [6.45, 7) is 6.02. The fourth-order valence-electron chi connectivity index (χ4n) is 4.14. The first-order chi connectivity index (χ1) is 9.83. The Hall–Kier alpha value is 0.137. The zero-order valence-electron chi connectivity index (χ0n) is 13.7. The van der Waals surface area contributed by atoms with E-state index in [0.717, 1.165) is 24.3 Å². The van der Waals surface area contributed by atoms with Crippen LogP contribution < -0.4 is 0 Å². The molecule has 0 aromatic heterocycles. The maximum absolute atomic E-state index is 6.47. The fourth-order valence-corrected chi connectivity index (χ4v) is 9.16. The Kier molecular flexibility index (Phi) is 7.06. The molecule has 0 N–H and O–H groups in total. The summed E-state index contributed by atoms with van der Waals surface area (Å²) in [5.74, 6) is 0. The van der Waals surface area contributed by atoms with Crippen LogP contribution in [0.1, 0.15) is 84.5 Å². The van der Waals surface area contributed by atoms with Crippen molar-refractivity contribution in [1.29, 1.82) is 0 Å². The maximum atomic E-state index is 6.47. The Morgan fingerprint density at radius 1 is 0.650 bits per heavy atom. The number of rotatable bonds is 6. The van der Waals surface area contributed by atoms with E-state index in [2.05, 4.69) is 13.8 Å². The summed E-state index contributed by atoms with van der Waals surface area (Å²) < 4.78 is 12.9. The normalized spacial score (nSPS) is 23.7. The van der Waals surface area contributed by atoms with Gasteiger partial charge in [-0.25, -0.2) is 0 Å². The van der Waals surface area contributed by atoms with E-state index in [1.165, 1.54) is 70.6 Å². The Morgan fingerprint density at radius 3 is 1.40 bits per heavy atom. The van der Waals surface area contributed by atoms with E-state index in [1.807, 2.05) is 0 Å². The Bertz CT molecular complexity index is 250. The molecule has 0 unspecified atom stereocenters. The van der Waals surface area contributed by atoms with Crippen LogP contribution in [0.15, 0.2) is 0 Å². The van der Waals surface area contributed by atoms with Crippen molar-refractivity contribution in [3.63, 3.8) is 0 Å². The maximum Gasteiger partial charge on any atom is 0.344 e. The topological polar surface area (TPSA) is 18.5 Å². The lowest BCUT2D eigenvalue weighted by Crippen LogP contribution is -2.53. The lowest BCUT2D eigenvalue weighted by atomic mass is 10.00. The molecule has 0 radical (unpaired) electrons. The van der Waals surface area contributed by atoms with Crippen molar-refractivity contribution in [3.8, 4) is 0 Å². The SMILES string of the molecule is CCO[Si](OCC)(C1CCCCCCCC1)C1CCC1. The first kappa shape index (κ1) is 16.5. The zero-order valence-corrected chi connectivity index (χ0v) is 14.7. The number of hydrogen-bond donors (Lipinski definition) is 0. The minimum atomic E-state index is -1.99. The van der Waals surface area contributed by atoms with Crippen molar-refractivity contribution in [1.82, 2.24) is 0 Å². The predicted molar refractivity (Wildman–Crippen MR) is 87.3 cm³/mol. The van der Waals surface area contributed by atoms with Crippen molar-refractivity contribution in [2.75, 3.05) is 13.2 Å². The Balaban J connectivity index is 2.11. The van der Waals surface area contributed by atoms with Crippen LogP contribution in [0.25, 0.3) is 0 Å². The third-order valence-corrected chi connectivity index (χ3v) is 10.2. The van der Waals surface area contributed by atoms with Crippen molar-refractivity contribution in [2.24, 2.45) is 0 Å². The van der Waals surface area contributed by atoms with E-state index >= 15 is 0 Å². The quantitative estimate of drug-likeness (QED) is 0.598. The van der Waals surface area contributed by atoms with Gasteiger partial charge in [-0.2, -0.15) is 0 Å².